The Morgan fingerprint density at radius 3 is 0.865 bits per heavy atom. The molecule has 15 nitrogen and oxygen atoms in total. The monoisotopic (exact) mass is 2040 g/mol. The number of phenolic OH excluding ortho intramolecular Hbond substituents is 3. The van der Waals surface area contributed by atoms with Gasteiger partial charge < -0.3 is 58.0 Å². The number of hydrogen-bond acceptors (Lipinski definition) is 15. The van der Waals surface area contributed by atoms with E-state index in [-0.39, 0.29) is 54.7 Å². The third kappa shape index (κ3) is 59.0. The fraction of sp³-hybridized carbons (Fsp3) is 0.571. The third-order valence-electron chi connectivity index (χ3n) is 29.5. The molecule has 3 saturated carbocycles. The van der Waals surface area contributed by atoms with Crippen molar-refractivity contribution >= 4 is 17.9 Å². The Morgan fingerprint density at radius 2 is 0.601 bits per heavy atom. The second-order valence-electron chi connectivity index (χ2n) is 43.4. The number of phenols is 3. The molecule has 7 aromatic rings. The van der Waals surface area contributed by atoms with Crippen molar-refractivity contribution in [2.45, 2.75) is 427 Å². The van der Waals surface area contributed by atoms with Crippen molar-refractivity contribution in [3.8, 4) is 34.5 Å². The van der Waals surface area contributed by atoms with Crippen LogP contribution < -0.4 is 14.2 Å². The molecular formula is C133H204O15. The zero-order valence-electron chi connectivity index (χ0n) is 97.8. The van der Waals surface area contributed by atoms with E-state index in [2.05, 4.69) is 229 Å². The number of carbonyl (C=O) groups is 3. The van der Waals surface area contributed by atoms with Gasteiger partial charge in [0.1, 0.15) is 52.6 Å². The van der Waals surface area contributed by atoms with Crippen LogP contribution in [0.5, 0.6) is 34.5 Å². The first-order valence-corrected chi connectivity index (χ1v) is 56.4. The number of carbonyl (C=O) groups excluding carboxylic acids is 3. The Bertz CT molecular complexity index is 4480. The Hall–Kier alpha value is -9.93. The average Bonchev–Trinajstić information content (AvgIpc) is 0.847. The molecule has 826 valence electrons. The molecule has 3 aliphatic carbocycles. The molecule has 0 radical (unpaired) electrons. The Labute approximate surface area is 901 Å². The zero-order valence-corrected chi connectivity index (χ0v) is 97.8. The van der Waals surface area contributed by atoms with Crippen LogP contribution in [-0.2, 0) is 48.2 Å². The predicted molar refractivity (Wildman–Crippen MR) is 623 cm³/mol. The van der Waals surface area contributed by atoms with Crippen LogP contribution in [0.4, 0.5) is 0 Å². The van der Waals surface area contributed by atoms with Gasteiger partial charge in [0.15, 0.2) is 18.9 Å². The van der Waals surface area contributed by atoms with Gasteiger partial charge in [-0.2, -0.15) is 0 Å². The zero-order chi connectivity index (χ0) is 111. The van der Waals surface area contributed by atoms with Gasteiger partial charge in [0.05, 0.1) is 25.7 Å². The molecule has 0 amide bonds. The Morgan fingerprint density at radius 1 is 0.331 bits per heavy atom. The molecule has 10 rings (SSSR count). The van der Waals surface area contributed by atoms with Crippen LogP contribution in [0.2, 0.25) is 0 Å². The molecule has 0 saturated heterocycles. The largest absolute Gasteiger partial charge is 0.508 e. The van der Waals surface area contributed by atoms with Gasteiger partial charge in [-0.1, -0.05) is 377 Å². The molecule has 15 heteroatoms. The normalized spacial score (nSPS) is 16.5. The maximum Gasteiger partial charge on any atom is 0.309 e. The van der Waals surface area contributed by atoms with Crippen molar-refractivity contribution in [2.24, 2.45) is 40.9 Å². The lowest BCUT2D eigenvalue weighted by Gasteiger charge is -2.36. The summed E-state index contributed by atoms with van der Waals surface area (Å²) in [6.45, 7) is 79.7. The van der Waals surface area contributed by atoms with E-state index in [4.69, 9.17) is 58.0 Å². The fourth-order valence-electron chi connectivity index (χ4n) is 16.8. The predicted octanol–water partition coefficient (Wildman–Crippen LogP) is 37.8. The number of benzene rings is 7. The summed E-state index contributed by atoms with van der Waals surface area (Å²) in [4.78, 5) is 33.6. The minimum absolute atomic E-state index is 0.0475. The number of allylic oxidation sites excluding steroid dienone is 6. The van der Waals surface area contributed by atoms with Crippen molar-refractivity contribution in [3.05, 3.63) is 288 Å². The number of hydrogen-bond donors (Lipinski definition) is 3. The highest BCUT2D eigenvalue weighted by Gasteiger charge is 2.33. The van der Waals surface area contributed by atoms with Crippen molar-refractivity contribution in [3.63, 3.8) is 0 Å². The van der Waals surface area contributed by atoms with Gasteiger partial charge in [-0.05, 0) is 328 Å². The molecule has 3 fully saturated rings. The van der Waals surface area contributed by atoms with E-state index in [0.29, 0.717) is 111 Å². The minimum Gasteiger partial charge on any atom is -0.508 e. The first-order chi connectivity index (χ1) is 70.2. The van der Waals surface area contributed by atoms with E-state index >= 15 is 0 Å². The lowest BCUT2D eigenvalue weighted by Crippen LogP contribution is -2.30. The van der Waals surface area contributed by atoms with Gasteiger partial charge >= 0.3 is 17.9 Å². The maximum absolute atomic E-state index is 12.3. The van der Waals surface area contributed by atoms with Gasteiger partial charge in [0, 0.05) is 13.8 Å². The van der Waals surface area contributed by atoms with Crippen LogP contribution in [0.25, 0.3) is 0 Å². The standard InChI is InChI=1S/C25H40O4.2C20H34O2.C14H22.2C12H16O2.3C10H14O/c1-7-18(2)20-10-14-23(15-11-20)29-19(3)27-16-17-28-24(26)21-8-12-22(13-9-21)25(4,5)6;2*1-6-16(2)17(3)12-13-18(4)22-19(5)21-15-14-20-10-8-7-9-11-20;1-6-11(2)12-7-9-13(10-8-12)14(3,4)5;2*1-4-9(2)11-5-7-12(8-6-11)14-10(3)13;3*1-3-8(2)9-4-6-10(11)7-5-9/h10-11,14-15,18-19,21-22H,7-9,12-13,16-17H2,1-6H3;2*12-13,16,19-20H,3-4,6-11,14-15H2,1-2,5H3;7-11H,6H2,1-5H3;2*5-9H,4H2,1-3H3;3*4-8,11H,3H2,1-2H3. The smallest absolute Gasteiger partial charge is 0.309 e. The molecule has 148 heavy (non-hydrogen) atoms. The van der Waals surface area contributed by atoms with E-state index in [9.17, 15) is 14.4 Å². The highest BCUT2D eigenvalue weighted by Crippen LogP contribution is 2.41. The van der Waals surface area contributed by atoms with Gasteiger partial charge in [-0.15, -0.1) is 0 Å². The summed E-state index contributed by atoms with van der Waals surface area (Å²) >= 11 is 0. The molecule has 12 atom stereocenters. The lowest BCUT2D eigenvalue weighted by molar-refractivity contribution is -0.155. The molecule has 0 heterocycles. The third-order valence-corrected chi connectivity index (χ3v) is 29.5. The minimum atomic E-state index is -0.384. The van der Waals surface area contributed by atoms with Gasteiger partial charge in [-0.3, -0.25) is 14.4 Å². The van der Waals surface area contributed by atoms with E-state index in [1.54, 1.807) is 36.4 Å². The van der Waals surface area contributed by atoms with Crippen LogP contribution in [0.1, 0.15) is 447 Å². The van der Waals surface area contributed by atoms with Crippen molar-refractivity contribution in [1.82, 2.24) is 0 Å². The van der Waals surface area contributed by atoms with Gasteiger partial charge in [-0.25, -0.2) is 0 Å². The van der Waals surface area contributed by atoms with Crippen LogP contribution in [0.3, 0.4) is 0 Å². The van der Waals surface area contributed by atoms with Crippen LogP contribution in [0, 0.1) is 40.9 Å². The summed E-state index contributed by atoms with van der Waals surface area (Å²) < 4.78 is 49.6. The first kappa shape index (κ1) is 134. The molecule has 3 aliphatic rings. The highest BCUT2D eigenvalue weighted by molar-refractivity contribution is 5.72. The SMILES string of the molecule is C=C(C=CC(=C)C(C)CC)OC(C)OCCC1CCCCC1.C=C(C=CC(=C)C(C)CC)OC(C)OCCC1CCCCC1.CCC(C)c1ccc(C(C)(C)C)cc1.CCC(C)c1ccc(O)cc1.CCC(C)c1ccc(O)cc1.CCC(C)c1ccc(O)cc1.CCC(C)c1ccc(OC(C)=O)cc1.CCC(C)c1ccc(OC(C)=O)cc1.CCC(C)c1ccc(OC(C)OCCOC(=O)C2CCC(C(C)(C)C)CC2)cc1. The Kier molecular flexibility index (Phi) is 68.6. The molecule has 7 aromatic carbocycles. The van der Waals surface area contributed by atoms with E-state index in [1.807, 2.05) is 142 Å². The van der Waals surface area contributed by atoms with E-state index in [0.717, 1.165) is 132 Å². The lowest BCUT2D eigenvalue weighted by atomic mass is 9.70. The molecule has 12 unspecified atom stereocenters. The van der Waals surface area contributed by atoms with Crippen molar-refractivity contribution < 1.29 is 72.3 Å². The number of esters is 3. The van der Waals surface area contributed by atoms with Crippen LogP contribution in [-0.4, -0.2) is 78.5 Å². The summed E-state index contributed by atoms with van der Waals surface area (Å²) in [5.41, 5.74) is 13.5. The summed E-state index contributed by atoms with van der Waals surface area (Å²) in [6, 6.07) is 54.9. The molecule has 3 N–H and O–H groups in total. The van der Waals surface area contributed by atoms with Gasteiger partial charge in [0.25, 0.3) is 0 Å². The summed E-state index contributed by atoms with van der Waals surface area (Å²) in [6.07, 6.45) is 37.3. The van der Waals surface area contributed by atoms with E-state index < -0.39 is 0 Å². The highest BCUT2D eigenvalue weighted by atomic mass is 16.7. The molecule has 0 bridgehead atoms. The molecule has 0 aliphatic heterocycles. The topological polar surface area (TPSA) is 195 Å². The summed E-state index contributed by atoms with van der Waals surface area (Å²) in [5.74, 6) is 11.3. The van der Waals surface area contributed by atoms with E-state index in [1.165, 1.54) is 129 Å². The molecule has 0 aromatic heterocycles. The van der Waals surface area contributed by atoms with Crippen molar-refractivity contribution in [2.75, 3.05) is 26.4 Å². The summed E-state index contributed by atoms with van der Waals surface area (Å²) in [7, 11) is 0. The molecular weight excluding hydrogens is 1840 g/mol. The quantitative estimate of drug-likeness (QED) is 0.00815. The van der Waals surface area contributed by atoms with Crippen LogP contribution in [0.15, 0.2) is 243 Å². The van der Waals surface area contributed by atoms with Crippen molar-refractivity contribution in [1.29, 1.82) is 0 Å². The average molecular weight is 2040 g/mol. The number of rotatable bonds is 43. The van der Waals surface area contributed by atoms with Gasteiger partial charge in [0.2, 0.25) is 0 Å². The van der Waals surface area contributed by atoms with Crippen LogP contribution >= 0.6 is 0 Å². The second kappa shape index (κ2) is 75.7. The summed E-state index contributed by atoms with van der Waals surface area (Å²) in [5, 5.41) is 27.0. The Balaban J connectivity index is 0.000000574. The number of ether oxygens (including phenoxy) is 9. The fourth-order valence-corrected chi connectivity index (χ4v) is 16.8. The first-order valence-electron chi connectivity index (χ1n) is 56.4. The second-order valence-corrected chi connectivity index (χ2v) is 43.4. The maximum atomic E-state index is 12.3. The number of aromatic hydroxyl groups is 3. The molecule has 0 spiro atoms.